The Morgan fingerprint density at radius 2 is 1.22 bits per heavy atom. The van der Waals surface area contributed by atoms with Gasteiger partial charge in [-0.25, -0.2) is 0 Å². The molecule has 0 spiro atoms. The maximum Gasteiger partial charge on any atom is 0.417 e. The highest BCUT2D eigenvalue weighted by Gasteiger charge is 2.30. The minimum atomic E-state index is -4.36. The second-order valence-electron chi connectivity index (χ2n) is 5.01. The van der Waals surface area contributed by atoms with Crippen molar-refractivity contribution in [1.29, 1.82) is 0 Å². The molecule has 0 N–H and O–H groups in total. The molecule has 0 saturated heterocycles. The fourth-order valence-electron chi connectivity index (χ4n) is 2.21. The van der Waals surface area contributed by atoms with Crippen LogP contribution >= 0.6 is 15.9 Å². The van der Waals surface area contributed by atoms with Crippen LogP contribution in [0.1, 0.15) is 5.56 Å². The highest BCUT2D eigenvalue weighted by atomic mass is 79.9. The summed E-state index contributed by atoms with van der Waals surface area (Å²) in [4.78, 5) is 3.90. The number of nitrogens with zero attached hydrogens (tertiary/aromatic N) is 1. The van der Waals surface area contributed by atoms with Gasteiger partial charge in [-0.2, -0.15) is 13.2 Å². The van der Waals surface area contributed by atoms with E-state index in [2.05, 4.69) is 20.9 Å². The molecule has 0 aliphatic carbocycles. The first-order chi connectivity index (χ1) is 10.9. The van der Waals surface area contributed by atoms with Crippen LogP contribution in [0.15, 0.2) is 71.3 Å². The number of halogens is 4. The van der Waals surface area contributed by atoms with Crippen LogP contribution in [0.2, 0.25) is 0 Å². The summed E-state index contributed by atoms with van der Waals surface area (Å²) in [5.41, 5.74) is 2.65. The van der Waals surface area contributed by atoms with E-state index in [1.807, 2.05) is 48.5 Å². The normalized spacial score (nSPS) is 11.5. The fourth-order valence-corrected chi connectivity index (χ4v) is 2.47. The Morgan fingerprint density at radius 1 is 0.696 bits per heavy atom. The highest BCUT2D eigenvalue weighted by Crippen LogP contribution is 2.30. The lowest BCUT2D eigenvalue weighted by atomic mass is 10.0. The smallest absolute Gasteiger partial charge is 0.256 e. The summed E-state index contributed by atoms with van der Waals surface area (Å²) in [7, 11) is 0. The molecule has 2 aromatic carbocycles. The molecule has 0 saturated carbocycles. The lowest BCUT2D eigenvalue weighted by Crippen LogP contribution is -2.05. The van der Waals surface area contributed by atoms with Crippen molar-refractivity contribution in [2.75, 3.05) is 0 Å². The Hall–Kier alpha value is -2.14. The monoisotopic (exact) mass is 377 g/mol. The minimum Gasteiger partial charge on any atom is -0.256 e. The van der Waals surface area contributed by atoms with Crippen LogP contribution < -0.4 is 0 Å². The minimum absolute atomic E-state index is 0.514. The second kappa shape index (κ2) is 6.16. The molecule has 1 heterocycles. The van der Waals surface area contributed by atoms with Crippen molar-refractivity contribution in [3.8, 4) is 22.4 Å². The molecule has 5 heteroatoms. The number of hydrogen-bond acceptors (Lipinski definition) is 1. The Balaban J connectivity index is 1.86. The van der Waals surface area contributed by atoms with Crippen molar-refractivity contribution in [2.24, 2.45) is 0 Å². The lowest BCUT2D eigenvalue weighted by Gasteiger charge is -2.08. The Bertz CT molecular complexity index is 792. The molecule has 0 bridgehead atoms. The fraction of sp³-hybridized carbons (Fsp3) is 0.0556. The van der Waals surface area contributed by atoms with Gasteiger partial charge in [0.15, 0.2) is 0 Å². The van der Waals surface area contributed by atoms with Crippen molar-refractivity contribution < 1.29 is 13.2 Å². The van der Waals surface area contributed by atoms with Crippen LogP contribution in [0.3, 0.4) is 0 Å². The second-order valence-corrected chi connectivity index (χ2v) is 5.93. The van der Waals surface area contributed by atoms with Crippen LogP contribution in [0.25, 0.3) is 22.4 Å². The Labute approximate surface area is 139 Å². The average Bonchev–Trinajstić information content (AvgIpc) is 2.55. The highest BCUT2D eigenvalue weighted by molar-refractivity contribution is 9.10. The zero-order valence-corrected chi connectivity index (χ0v) is 13.4. The number of rotatable bonds is 2. The summed E-state index contributed by atoms with van der Waals surface area (Å²) in [6.07, 6.45) is -3.51. The van der Waals surface area contributed by atoms with E-state index in [-0.39, 0.29) is 0 Å². The van der Waals surface area contributed by atoms with Crippen LogP contribution in [-0.2, 0) is 6.18 Å². The molecule has 3 aromatic rings. The molecule has 3 rings (SSSR count). The first-order valence-electron chi connectivity index (χ1n) is 6.83. The van der Waals surface area contributed by atoms with Gasteiger partial charge in [-0.1, -0.05) is 52.3 Å². The summed E-state index contributed by atoms with van der Waals surface area (Å²) < 4.78 is 38.6. The molecule has 0 aliphatic rings. The van der Waals surface area contributed by atoms with E-state index in [1.54, 1.807) is 0 Å². The van der Waals surface area contributed by atoms with E-state index < -0.39 is 11.7 Å². The first-order valence-corrected chi connectivity index (χ1v) is 7.62. The van der Waals surface area contributed by atoms with E-state index in [4.69, 9.17) is 0 Å². The van der Waals surface area contributed by atoms with Crippen molar-refractivity contribution in [1.82, 2.24) is 4.98 Å². The zero-order chi connectivity index (χ0) is 16.4. The Morgan fingerprint density at radius 3 is 1.70 bits per heavy atom. The number of benzene rings is 2. The molecule has 0 unspecified atom stereocenters. The van der Waals surface area contributed by atoms with E-state index in [0.717, 1.165) is 33.4 Å². The summed E-state index contributed by atoms with van der Waals surface area (Å²) in [6, 6.07) is 17.9. The van der Waals surface area contributed by atoms with Gasteiger partial charge >= 0.3 is 6.18 Å². The van der Waals surface area contributed by atoms with Crippen molar-refractivity contribution >= 4 is 15.9 Å². The summed E-state index contributed by atoms with van der Waals surface area (Å²) >= 11 is 3.39. The molecule has 0 aliphatic heterocycles. The predicted molar refractivity (Wildman–Crippen MR) is 87.8 cm³/mol. The lowest BCUT2D eigenvalue weighted by molar-refractivity contribution is -0.137. The molecule has 1 aromatic heterocycles. The van der Waals surface area contributed by atoms with Gasteiger partial charge in [0.05, 0.1) is 11.3 Å². The molecule has 0 atom stereocenters. The van der Waals surface area contributed by atoms with E-state index in [1.165, 1.54) is 6.07 Å². The summed E-state index contributed by atoms with van der Waals surface area (Å²) in [5.74, 6) is 0. The third-order valence-corrected chi connectivity index (χ3v) is 3.98. The largest absolute Gasteiger partial charge is 0.417 e. The van der Waals surface area contributed by atoms with Crippen LogP contribution in [0.5, 0.6) is 0 Å². The van der Waals surface area contributed by atoms with Crippen molar-refractivity contribution in [3.05, 3.63) is 76.9 Å². The zero-order valence-electron chi connectivity index (χ0n) is 11.8. The molecular formula is C18H11BrF3N. The maximum absolute atomic E-state index is 12.5. The van der Waals surface area contributed by atoms with E-state index >= 15 is 0 Å². The Kier molecular flexibility index (Phi) is 4.22. The van der Waals surface area contributed by atoms with Crippen LogP contribution in [0, 0.1) is 0 Å². The van der Waals surface area contributed by atoms with Gasteiger partial charge in [0.25, 0.3) is 0 Å². The number of pyridine rings is 1. The standard InChI is InChI=1S/C18H11BrF3N/c19-16-8-5-13(6-9-16)12-1-3-14(4-2-12)17-10-7-15(11-23-17)18(20,21)22/h1-11H. The molecule has 1 nitrogen and oxygen atoms in total. The first kappa shape index (κ1) is 15.7. The van der Waals surface area contributed by atoms with E-state index in [9.17, 15) is 13.2 Å². The average molecular weight is 378 g/mol. The van der Waals surface area contributed by atoms with Gasteiger partial charge in [0.2, 0.25) is 0 Å². The number of aromatic nitrogens is 1. The topological polar surface area (TPSA) is 12.9 Å². The molecule has 0 fully saturated rings. The third kappa shape index (κ3) is 3.62. The van der Waals surface area contributed by atoms with Gasteiger partial charge in [0, 0.05) is 16.2 Å². The molecular weight excluding hydrogens is 367 g/mol. The molecule has 0 amide bonds. The van der Waals surface area contributed by atoms with Gasteiger partial charge in [-0.15, -0.1) is 0 Å². The SMILES string of the molecule is FC(F)(F)c1ccc(-c2ccc(-c3ccc(Br)cc3)cc2)nc1. The summed E-state index contributed by atoms with van der Waals surface area (Å²) in [5, 5.41) is 0. The van der Waals surface area contributed by atoms with Crippen molar-refractivity contribution in [2.45, 2.75) is 6.18 Å². The van der Waals surface area contributed by atoms with Crippen molar-refractivity contribution in [3.63, 3.8) is 0 Å². The summed E-state index contributed by atoms with van der Waals surface area (Å²) in [6.45, 7) is 0. The number of alkyl halides is 3. The quantitative estimate of drug-likeness (QED) is 0.518. The predicted octanol–water partition coefficient (Wildman–Crippen LogP) is 6.20. The van der Waals surface area contributed by atoms with Gasteiger partial charge in [0.1, 0.15) is 0 Å². The molecule has 116 valence electrons. The van der Waals surface area contributed by atoms with Gasteiger partial charge < -0.3 is 0 Å². The molecule has 0 radical (unpaired) electrons. The van der Waals surface area contributed by atoms with Gasteiger partial charge in [-0.05, 0) is 35.4 Å². The van der Waals surface area contributed by atoms with E-state index in [0.29, 0.717) is 5.69 Å². The number of hydrogen-bond donors (Lipinski definition) is 0. The van der Waals surface area contributed by atoms with Crippen LogP contribution in [0.4, 0.5) is 13.2 Å². The molecule has 23 heavy (non-hydrogen) atoms. The maximum atomic E-state index is 12.5. The van der Waals surface area contributed by atoms with Crippen LogP contribution in [-0.4, -0.2) is 4.98 Å². The third-order valence-electron chi connectivity index (χ3n) is 3.45. The van der Waals surface area contributed by atoms with Gasteiger partial charge in [-0.3, -0.25) is 4.98 Å².